The number of aliphatic hydroxyl groups is 2. The average molecular weight is 250 g/mol. The van der Waals surface area contributed by atoms with Crippen LogP contribution in [0.5, 0.6) is 0 Å². The van der Waals surface area contributed by atoms with Gasteiger partial charge in [0, 0.05) is 6.92 Å². The van der Waals surface area contributed by atoms with E-state index in [1.165, 1.54) is 0 Å². The Morgan fingerprint density at radius 2 is 2.22 bits per heavy atom. The van der Waals surface area contributed by atoms with E-state index in [1.54, 1.807) is 25.1 Å². The molecular weight excluding hydrogens is 236 g/mol. The summed E-state index contributed by atoms with van der Waals surface area (Å²) in [6.07, 6.45) is -2.70. The van der Waals surface area contributed by atoms with Gasteiger partial charge in [-0.05, 0) is 17.7 Å². The maximum absolute atomic E-state index is 10.7. The Morgan fingerprint density at radius 1 is 1.50 bits per heavy atom. The molecule has 0 aliphatic heterocycles. The van der Waals surface area contributed by atoms with Crippen molar-refractivity contribution in [2.75, 3.05) is 0 Å². The van der Waals surface area contributed by atoms with Crippen LogP contribution in [-0.2, 0) is 4.79 Å². The summed E-state index contributed by atoms with van der Waals surface area (Å²) in [6.45, 7) is 1.72. The second-order valence-corrected chi connectivity index (χ2v) is 4.14. The van der Waals surface area contributed by atoms with Crippen LogP contribution in [0, 0.1) is 6.92 Å². The first-order valence-electron chi connectivity index (χ1n) is 5.49. The highest BCUT2D eigenvalue weighted by molar-refractivity contribution is 5.75. The summed E-state index contributed by atoms with van der Waals surface area (Å²) in [4.78, 5) is 14.8. The fraction of sp³-hybridized carbons (Fsp3) is 0.333. The highest BCUT2D eigenvalue weighted by Crippen LogP contribution is 2.23. The molecule has 1 heterocycles. The molecule has 6 heteroatoms. The van der Waals surface area contributed by atoms with Gasteiger partial charge in [-0.3, -0.25) is 4.79 Å². The highest BCUT2D eigenvalue weighted by atomic mass is 16.3. The Kier molecular flexibility index (Phi) is 3.31. The van der Waals surface area contributed by atoms with Crippen LogP contribution in [0.25, 0.3) is 11.1 Å². The molecule has 0 bridgehead atoms. The lowest BCUT2D eigenvalue weighted by molar-refractivity contribution is -0.121. The van der Waals surface area contributed by atoms with Crippen LogP contribution in [0.15, 0.2) is 22.6 Å². The zero-order valence-electron chi connectivity index (χ0n) is 9.83. The number of hydrogen-bond donors (Lipinski definition) is 3. The number of fused-ring (bicyclic) bond motifs is 1. The van der Waals surface area contributed by atoms with Crippen molar-refractivity contribution < 1.29 is 19.4 Å². The molecule has 0 saturated carbocycles. The Morgan fingerprint density at radius 3 is 2.89 bits per heavy atom. The van der Waals surface area contributed by atoms with Crippen LogP contribution in [0.2, 0.25) is 0 Å². The molecule has 2 atom stereocenters. The van der Waals surface area contributed by atoms with Gasteiger partial charge in [0.05, 0.1) is 12.5 Å². The summed E-state index contributed by atoms with van der Waals surface area (Å²) >= 11 is 0. The fourth-order valence-corrected chi connectivity index (χ4v) is 1.78. The van der Waals surface area contributed by atoms with Gasteiger partial charge < -0.3 is 20.4 Å². The molecular formula is C12H14N2O4. The first kappa shape index (κ1) is 12.5. The maximum Gasteiger partial charge on any atom is 0.220 e. The number of aliphatic hydroxyl groups excluding tert-OH is 2. The van der Waals surface area contributed by atoms with E-state index in [4.69, 9.17) is 10.2 Å². The van der Waals surface area contributed by atoms with E-state index in [-0.39, 0.29) is 6.42 Å². The van der Waals surface area contributed by atoms with Crippen molar-refractivity contribution >= 4 is 17.0 Å². The highest BCUT2D eigenvalue weighted by Gasteiger charge is 2.21. The Bertz CT molecular complexity index is 578. The lowest BCUT2D eigenvalue weighted by Crippen LogP contribution is -2.25. The summed E-state index contributed by atoms with van der Waals surface area (Å²) in [5.41, 5.74) is 6.63. The zero-order valence-corrected chi connectivity index (χ0v) is 9.83. The Labute approximate surface area is 103 Å². The number of rotatable bonds is 4. The predicted molar refractivity (Wildman–Crippen MR) is 63.5 cm³/mol. The van der Waals surface area contributed by atoms with Gasteiger partial charge >= 0.3 is 0 Å². The van der Waals surface area contributed by atoms with Crippen LogP contribution < -0.4 is 5.73 Å². The van der Waals surface area contributed by atoms with Crippen molar-refractivity contribution in [3.8, 4) is 0 Å². The van der Waals surface area contributed by atoms with Gasteiger partial charge in [-0.2, -0.15) is 0 Å². The van der Waals surface area contributed by atoms with E-state index in [1.807, 2.05) is 0 Å². The minimum absolute atomic E-state index is 0.295. The maximum atomic E-state index is 10.7. The number of aryl methyl sites for hydroxylation is 1. The molecule has 0 aliphatic carbocycles. The monoisotopic (exact) mass is 250 g/mol. The minimum Gasteiger partial charge on any atom is -0.441 e. The average Bonchev–Trinajstić information content (AvgIpc) is 2.65. The second kappa shape index (κ2) is 4.75. The number of carbonyl (C=O) groups excluding carboxylic acids is 1. The number of nitrogens with two attached hydrogens (primary N) is 1. The third kappa shape index (κ3) is 2.49. The number of aromatic nitrogens is 1. The lowest BCUT2D eigenvalue weighted by atomic mass is 10.0. The quantitative estimate of drug-likeness (QED) is 0.727. The number of benzene rings is 1. The first-order chi connectivity index (χ1) is 8.47. The SMILES string of the molecule is Cc1nc2cc(C(O)C(O)CC(N)=O)ccc2o1. The standard InChI is InChI=1S/C12H14N2O4/c1-6-14-8-4-7(2-3-10(8)18-6)12(17)9(15)5-11(13)16/h2-4,9,12,15,17H,5H2,1H3,(H2,13,16). The molecule has 96 valence electrons. The second-order valence-electron chi connectivity index (χ2n) is 4.14. The van der Waals surface area contributed by atoms with E-state index in [0.717, 1.165) is 0 Å². The van der Waals surface area contributed by atoms with E-state index in [9.17, 15) is 15.0 Å². The normalized spacial score (nSPS) is 14.6. The summed E-state index contributed by atoms with van der Waals surface area (Å²) in [7, 11) is 0. The van der Waals surface area contributed by atoms with Gasteiger partial charge in [-0.15, -0.1) is 0 Å². The van der Waals surface area contributed by atoms with E-state index in [2.05, 4.69) is 4.98 Å². The molecule has 2 unspecified atom stereocenters. The molecule has 1 aromatic heterocycles. The van der Waals surface area contributed by atoms with Gasteiger partial charge in [0.25, 0.3) is 0 Å². The summed E-state index contributed by atoms with van der Waals surface area (Å²) < 4.78 is 5.30. The molecule has 1 amide bonds. The fourth-order valence-electron chi connectivity index (χ4n) is 1.78. The topological polar surface area (TPSA) is 110 Å². The minimum atomic E-state index is -1.23. The van der Waals surface area contributed by atoms with Gasteiger partial charge in [-0.1, -0.05) is 6.07 Å². The van der Waals surface area contributed by atoms with Gasteiger partial charge in [0.1, 0.15) is 11.6 Å². The molecule has 0 saturated heterocycles. The van der Waals surface area contributed by atoms with Crippen LogP contribution in [0.3, 0.4) is 0 Å². The van der Waals surface area contributed by atoms with Crippen molar-refractivity contribution in [1.82, 2.24) is 4.98 Å². The largest absolute Gasteiger partial charge is 0.441 e. The Balaban J connectivity index is 2.26. The van der Waals surface area contributed by atoms with Gasteiger partial charge in [0.2, 0.25) is 5.91 Å². The lowest BCUT2D eigenvalue weighted by Gasteiger charge is -2.16. The molecule has 2 aromatic rings. The van der Waals surface area contributed by atoms with Crippen molar-refractivity contribution in [3.63, 3.8) is 0 Å². The smallest absolute Gasteiger partial charge is 0.220 e. The summed E-state index contributed by atoms with van der Waals surface area (Å²) in [6, 6.07) is 4.88. The first-order valence-corrected chi connectivity index (χ1v) is 5.49. The van der Waals surface area contributed by atoms with Crippen LogP contribution in [0.1, 0.15) is 24.0 Å². The molecule has 18 heavy (non-hydrogen) atoms. The molecule has 1 aromatic carbocycles. The van der Waals surface area contributed by atoms with E-state index in [0.29, 0.717) is 22.6 Å². The summed E-state index contributed by atoms with van der Waals surface area (Å²) in [5, 5.41) is 19.5. The van der Waals surface area contributed by atoms with Crippen molar-refractivity contribution in [1.29, 1.82) is 0 Å². The van der Waals surface area contributed by atoms with Crippen LogP contribution in [-0.4, -0.2) is 27.2 Å². The van der Waals surface area contributed by atoms with Crippen molar-refractivity contribution in [2.24, 2.45) is 5.73 Å². The molecule has 2 rings (SSSR count). The third-order valence-corrected chi connectivity index (χ3v) is 2.63. The van der Waals surface area contributed by atoms with Crippen LogP contribution >= 0.6 is 0 Å². The number of amides is 1. The van der Waals surface area contributed by atoms with E-state index >= 15 is 0 Å². The van der Waals surface area contributed by atoms with Crippen molar-refractivity contribution in [2.45, 2.75) is 25.6 Å². The molecule has 6 nitrogen and oxygen atoms in total. The molecule has 0 fully saturated rings. The number of carbonyl (C=O) groups is 1. The molecule has 0 spiro atoms. The van der Waals surface area contributed by atoms with E-state index < -0.39 is 18.1 Å². The van der Waals surface area contributed by atoms with Gasteiger partial charge in [-0.25, -0.2) is 4.98 Å². The van der Waals surface area contributed by atoms with Gasteiger partial charge in [0.15, 0.2) is 11.5 Å². The van der Waals surface area contributed by atoms with Crippen molar-refractivity contribution in [3.05, 3.63) is 29.7 Å². The third-order valence-electron chi connectivity index (χ3n) is 2.63. The predicted octanol–water partition coefficient (Wildman–Crippen LogP) is 0.406. The van der Waals surface area contributed by atoms with Crippen LogP contribution in [0.4, 0.5) is 0 Å². The summed E-state index contributed by atoms with van der Waals surface area (Å²) in [5.74, 6) is -0.144. The number of nitrogens with zero attached hydrogens (tertiary/aromatic N) is 1. The molecule has 0 radical (unpaired) electrons. The number of oxazole rings is 1. The Hall–Kier alpha value is -1.92. The number of hydrogen-bond acceptors (Lipinski definition) is 5. The molecule has 4 N–H and O–H groups in total. The zero-order chi connectivity index (χ0) is 13.3. The number of primary amides is 1. The molecule has 0 aliphatic rings.